The maximum Gasteiger partial charge on any atom is 0.283 e. The lowest BCUT2D eigenvalue weighted by molar-refractivity contribution is -0.385. The SMILES string of the molecule is CCCCN(Cc1cccc([N+](=O)[O-])c1Br)C1CC1. The summed E-state index contributed by atoms with van der Waals surface area (Å²) in [6.07, 6.45) is 4.88. The molecule has 1 aromatic rings. The van der Waals surface area contributed by atoms with Gasteiger partial charge in [0.15, 0.2) is 0 Å². The molecule has 0 spiro atoms. The van der Waals surface area contributed by atoms with Gasteiger partial charge >= 0.3 is 0 Å². The summed E-state index contributed by atoms with van der Waals surface area (Å²) in [7, 11) is 0. The molecule has 1 aromatic carbocycles. The van der Waals surface area contributed by atoms with E-state index in [4.69, 9.17) is 0 Å². The Kier molecular flexibility index (Phi) is 4.93. The van der Waals surface area contributed by atoms with Crippen LogP contribution in [0, 0.1) is 10.1 Å². The Labute approximate surface area is 122 Å². The molecule has 1 aliphatic carbocycles. The third-order valence-corrected chi connectivity index (χ3v) is 4.41. The quantitative estimate of drug-likeness (QED) is 0.559. The molecule has 0 amide bonds. The van der Waals surface area contributed by atoms with Gasteiger partial charge in [-0.05, 0) is 47.3 Å². The minimum absolute atomic E-state index is 0.156. The van der Waals surface area contributed by atoms with Crippen molar-refractivity contribution in [2.75, 3.05) is 6.54 Å². The van der Waals surface area contributed by atoms with Crippen molar-refractivity contribution in [1.29, 1.82) is 0 Å². The predicted octanol–water partition coefficient (Wildman–Crippen LogP) is 4.12. The summed E-state index contributed by atoms with van der Waals surface area (Å²) in [4.78, 5) is 13.1. The van der Waals surface area contributed by atoms with Gasteiger partial charge in [-0.15, -0.1) is 0 Å². The number of unbranched alkanes of at least 4 members (excludes halogenated alkanes) is 1. The molecule has 0 saturated heterocycles. The molecule has 0 aromatic heterocycles. The van der Waals surface area contributed by atoms with E-state index in [0.29, 0.717) is 10.5 Å². The highest BCUT2D eigenvalue weighted by molar-refractivity contribution is 9.10. The van der Waals surface area contributed by atoms with Gasteiger partial charge in [-0.2, -0.15) is 0 Å². The largest absolute Gasteiger partial charge is 0.296 e. The van der Waals surface area contributed by atoms with Crippen LogP contribution in [0.3, 0.4) is 0 Å². The molecule has 0 aliphatic heterocycles. The minimum atomic E-state index is -0.332. The summed E-state index contributed by atoms with van der Waals surface area (Å²) in [5, 5.41) is 10.9. The average Bonchev–Trinajstić information content (AvgIpc) is 3.20. The molecule has 0 radical (unpaired) electrons. The van der Waals surface area contributed by atoms with Crippen molar-refractivity contribution < 1.29 is 4.92 Å². The number of benzene rings is 1. The summed E-state index contributed by atoms with van der Waals surface area (Å²) in [6.45, 7) is 4.07. The number of nitrogens with zero attached hydrogens (tertiary/aromatic N) is 2. The maximum atomic E-state index is 10.9. The third-order valence-electron chi connectivity index (χ3n) is 3.49. The molecule has 0 heterocycles. The number of nitro groups is 1. The van der Waals surface area contributed by atoms with Crippen molar-refractivity contribution in [1.82, 2.24) is 4.90 Å². The lowest BCUT2D eigenvalue weighted by atomic mass is 10.1. The van der Waals surface area contributed by atoms with Crippen molar-refractivity contribution in [2.24, 2.45) is 0 Å². The van der Waals surface area contributed by atoms with Gasteiger partial charge < -0.3 is 0 Å². The van der Waals surface area contributed by atoms with E-state index in [1.54, 1.807) is 12.1 Å². The smallest absolute Gasteiger partial charge is 0.283 e. The summed E-state index contributed by atoms with van der Waals surface area (Å²) in [5.41, 5.74) is 1.17. The van der Waals surface area contributed by atoms with Gasteiger partial charge in [0.1, 0.15) is 0 Å². The lowest BCUT2D eigenvalue weighted by Crippen LogP contribution is -2.26. The standard InChI is InChI=1S/C14H19BrN2O2/c1-2-3-9-16(12-7-8-12)10-11-5-4-6-13(14(11)15)17(18)19/h4-6,12H,2-3,7-10H2,1H3. The van der Waals surface area contributed by atoms with Crippen LogP contribution in [0.25, 0.3) is 0 Å². The fourth-order valence-corrected chi connectivity index (χ4v) is 2.77. The second-order valence-electron chi connectivity index (χ2n) is 5.06. The van der Waals surface area contributed by atoms with E-state index in [9.17, 15) is 10.1 Å². The Morgan fingerprint density at radius 1 is 1.47 bits per heavy atom. The molecular weight excluding hydrogens is 308 g/mol. The average molecular weight is 327 g/mol. The van der Waals surface area contributed by atoms with Crippen LogP contribution in [-0.2, 0) is 6.54 Å². The first-order chi connectivity index (χ1) is 9.13. The zero-order valence-electron chi connectivity index (χ0n) is 11.1. The van der Waals surface area contributed by atoms with Crippen molar-refractivity contribution in [3.05, 3.63) is 38.3 Å². The number of nitro benzene ring substituents is 1. The molecule has 1 saturated carbocycles. The van der Waals surface area contributed by atoms with E-state index >= 15 is 0 Å². The highest BCUT2D eigenvalue weighted by Gasteiger charge is 2.29. The van der Waals surface area contributed by atoms with E-state index < -0.39 is 0 Å². The Hall–Kier alpha value is -0.940. The monoisotopic (exact) mass is 326 g/mol. The number of hydrogen-bond donors (Lipinski definition) is 0. The van der Waals surface area contributed by atoms with Crippen LogP contribution in [0.1, 0.15) is 38.2 Å². The van der Waals surface area contributed by atoms with Crippen molar-refractivity contribution >= 4 is 21.6 Å². The molecule has 19 heavy (non-hydrogen) atoms. The topological polar surface area (TPSA) is 46.4 Å². The zero-order valence-corrected chi connectivity index (χ0v) is 12.7. The second-order valence-corrected chi connectivity index (χ2v) is 5.86. The van der Waals surface area contributed by atoms with Crippen LogP contribution in [0.15, 0.2) is 22.7 Å². The molecule has 104 valence electrons. The van der Waals surface area contributed by atoms with Gasteiger partial charge in [-0.1, -0.05) is 25.5 Å². The molecule has 0 atom stereocenters. The third kappa shape index (κ3) is 3.76. The first kappa shape index (κ1) is 14.5. The van der Waals surface area contributed by atoms with Gasteiger partial charge in [0.05, 0.1) is 9.40 Å². The summed E-state index contributed by atoms with van der Waals surface area (Å²) in [5.74, 6) is 0. The Balaban J connectivity index is 2.12. The molecular formula is C14H19BrN2O2. The van der Waals surface area contributed by atoms with Gasteiger partial charge in [-0.25, -0.2) is 0 Å². The van der Waals surface area contributed by atoms with E-state index in [1.165, 1.54) is 25.7 Å². The zero-order chi connectivity index (χ0) is 13.8. The molecule has 4 nitrogen and oxygen atoms in total. The number of halogens is 1. The fourth-order valence-electron chi connectivity index (χ4n) is 2.24. The van der Waals surface area contributed by atoms with Gasteiger partial charge in [-0.3, -0.25) is 15.0 Å². The Bertz CT molecular complexity index is 461. The fraction of sp³-hybridized carbons (Fsp3) is 0.571. The van der Waals surface area contributed by atoms with E-state index in [0.717, 1.165) is 18.7 Å². The van der Waals surface area contributed by atoms with Gasteiger partial charge in [0.2, 0.25) is 0 Å². The molecule has 0 unspecified atom stereocenters. The number of rotatable bonds is 7. The first-order valence-corrected chi connectivity index (χ1v) is 7.58. The normalized spacial score (nSPS) is 14.9. The maximum absolute atomic E-state index is 10.9. The van der Waals surface area contributed by atoms with Crippen LogP contribution < -0.4 is 0 Å². The molecule has 0 bridgehead atoms. The van der Waals surface area contributed by atoms with Crippen molar-refractivity contribution in [3.63, 3.8) is 0 Å². The van der Waals surface area contributed by atoms with Crippen LogP contribution >= 0.6 is 15.9 Å². The van der Waals surface area contributed by atoms with Crippen LogP contribution in [-0.4, -0.2) is 22.4 Å². The van der Waals surface area contributed by atoms with Gasteiger partial charge in [0.25, 0.3) is 5.69 Å². The molecule has 1 fully saturated rings. The van der Waals surface area contributed by atoms with Crippen LogP contribution in [0.5, 0.6) is 0 Å². The predicted molar refractivity (Wildman–Crippen MR) is 79.1 cm³/mol. The van der Waals surface area contributed by atoms with E-state index in [2.05, 4.69) is 27.8 Å². The summed E-state index contributed by atoms with van der Waals surface area (Å²) in [6, 6.07) is 5.96. The lowest BCUT2D eigenvalue weighted by Gasteiger charge is -2.22. The van der Waals surface area contributed by atoms with E-state index in [-0.39, 0.29) is 10.6 Å². The molecule has 5 heteroatoms. The Morgan fingerprint density at radius 3 is 2.79 bits per heavy atom. The number of hydrogen-bond acceptors (Lipinski definition) is 3. The van der Waals surface area contributed by atoms with Crippen LogP contribution in [0.2, 0.25) is 0 Å². The minimum Gasteiger partial charge on any atom is -0.296 e. The molecule has 1 aliphatic rings. The Morgan fingerprint density at radius 2 is 2.21 bits per heavy atom. The first-order valence-electron chi connectivity index (χ1n) is 6.79. The molecule has 0 N–H and O–H groups in total. The van der Waals surface area contributed by atoms with Crippen molar-refractivity contribution in [3.8, 4) is 0 Å². The van der Waals surface area contributed by atoms with E-state index in [1.807, 2.05) is 6.07 Å². The highest BCUT2D eigenvalue weighted by Crippen LogP contribution is 2.33. The summed E-state index contributed by atoms with van der Waals surface area (Å²) >= 11 is 3.38. The highest BCUT2D eigenvalue weighted by atomic mass is 79.9. The molecule has 2 rings (SSSR count). The van der Waals surface area contributed by atoms with Crippen molar-refractivity contribution in [2.45, 2.75) is 45.2 Å². The second kappa shape index (κ2) is 6.48. The summed E-state index contributed by atoms with van der Waals surface area (Å²) < 4.78 is 0.627. The van der Waals surface area contributed by atoms with Crippen LogP contribution in [0.4, 0.5) is 5.69 Å². The van der Waals surface area contributed by atoms with Gasteiger partial charge in [0, 0.05) is 18.7 Å².